The number of sulfone groups is 1. The molecule has 0 bridgehead atoms. The Balaban J connectivity index is 1.44. The van der Waals surface area contributed by atoms with Gasteiger partial charge in [-0.1, -0.05) is 54.6 Å². The summed E-state index contributed by atoms with van der Waals surface area (Å²) in [6.07, 6.45) is 0.468. The third-order valence-electron chi connectivity index (χ3n) is 4.37. The Bertz CT molecular complexity index is 907. The second kappa shape index (κ2) is 8.35. The van der Waals surface area contributed by atoms with E-state index in [0.717, 1.165) is 16.7 Å². The zero-order chi connectivity index (χ0) is 19.3. The molecule has 0 radical (unpaired) electrons. The van der Waals surface area contributed by atoms with E-state index >= 15 is 0 Å². The molecule has 2 aromatic carbocycles. The van der Waals surface area contributed by atoms with Crippen molar-refractivity contribution in [3.05, 3.63) is 60.2 Å². The van der Waals surface area contributed by atoms with E-state index in [1.165, 1.54) is 0 Å². The van der Waals surface area contributed by atoms with Gasteiger partial charge in [-0.25, -0.2) is 8.42 Å². The van der Waals surface area contributed by atoms with Crippen LogP contribution in [-0.4, -0.2) is 44.4 Å². The van der Waals surface area contributed by atoms with Crippen LogP contribution in [0.15, 0.2) is 54.6 Å². The second-order valence-electron chi connectivity index (χ2n) is 6.57. The van der Waals surface area contributed by atoms with Crippen LogP contribution in [0.25, 0.3) is 11.1 Å². The lowest BCUT2D eigenvalue weighted by Gasteiger charge is -2.11. The van der Waals surface area contributed by atoms with Crippen molar-refractivity contribution in [1.82, 2.24) is 5.32 Å². The number of rotatable bonds is 6. The minimum atomic E-state index is -3.06. The molecule has 6 nitrogen and oxygen atoms in total. The molecule has 1 atom stereocenters. The molecule has 7 heteroatoms. The van der Waals surface area contributed by atoms with Crippen LogP contribution in [0.5, 0.6) is 0 Å². The van der Waals surface area contributed by atoms with E-state index in [1.807, 2.05) is 54.6 Å². The van der Waals surface area contributed by atoms with Gasteiger partial charge in [0.25, 0.3) is 5.91 Å². The van der Waals surface area contributed by atoms with Crippen LogP contribution < -0.4 is 5.32 Å². The van der Waals surface area contributed by atoms with Gasteiger partial charge in [0.2, 0.25) is 0 Å². The second-order valence-corrected chi connectivity index (χ2v) is 8.80. The summed E-state index contributed by atoms with van der Waals surface area (Å²) >= 11 is 0. The molecule has 142 valence electrons. The lowest BCUT2D eigenvalue weighted by molar-refractivity contribution is -0.148. The summed E-state index contributed by atoms with van der Waals surface area (Å²) in [6.45, 7) is -0.405. The minimum absolute atomic E-state index is 0.0551. The molecule has 0 aromatic heterocycles. The Morgan fingerprint density at radius 1 is 1.00 bits per heavy atom. The lowest BCUT2D eigenvalue weighted by Crippen LogP contribution is -2.38. The summed E-state index contributed by atoms with van der Waals surface area (Å²) in [4.78, 5) is 23.7. The average molecular weight is 387 g/mol. The number of amides is 1. The van der Waals surface area contributed by atoms with E-state index in [4.69, 9.17) is 4.74 Å². The minimum Gasteiger partial charge on any atom is -0.455 e. The van der Waals surface area contributed by atoms with Gasteiger partial charge in [0.1, 0.15) is 0 Å². The number of hydrogen-bond donors (Lipinski definition) is 1. The summed E-state index contributed by atoms with van der Waals surface area (Å²) in [5.74, 6) is -0.960. The van der Waals surface area contributed by atoms with Crippen molar-refractivity contribution in [3.8, 4) is 11.1 Å². The van der Waals surface area contributed by atoms with Gasteiger partial charge in [-0.15, -0.1) is 0 Å². The van der Waals surface area contributed by atoms with E-state index in [1.54, 1.807) is 0 Å². The summed E-state index contributed by atoms with van der Waals surface area (Å²) in [5.41, 5.74) is 2.94. The van der Waals surface area contributed by atoms with E-state index in [0.29, 0.717) is 6.42 Å². The van der Waals surface area contributed by atoms with Crippen LogP contribution in [0.3, 0.4) is 0 Å². The van der Waals surface area contributed by atoms with Crippen molar-refractivity contribution >= 4 is 21.7 Å². The van der Waals surface area contributed by atoms with Crippen molar-refractivity contribution in [3.63, 3.8) is 0 Å². The molecule has 0 saturated carbocycles. The van der Waals surface area contributed by atoms with E-state index in [-0.39, 0.29) is 17.9 Å². The first-order valence-electron chi connectivity index (χ1n) is 8.71. The molecule has 0 aliphatic carbocycles. The maximum absolute atomic E-state index is 11.9. The van der Waals surface area contributed by atoms with Crippen molar-refractivity contribution in [2.24, 2.45) is 0 Å². The number of carbonyl (C=O) groups excluding carboxylic acids is 2. The molecule has 27 heavy (non-hydrogen) atoms. The number of esters is 1. The van der Waals surface area contributed by atoms with Crippen molar-refractivity contribution in [2.45, 2.75) is 18.9 Å². The fraction of sp³-hybridized carbons (Fsp3) is 0.300. The van der Waals surface area contributed by atoms with Gasteiger partial charge in [0.05, 0.1) is 17.9 Å². The first-order valence-corrected chi connectivity index (χ1v) is 10.5. The summed E-state index contributed by atoms with van der Waals surface area (Å²) in [6, 6.07) is 17.1. The molecule has 2 aromatic rings. The van der Waals surface area contributed by atoms with Gasteiger partial charge in [-0.3, -0.25) is 9.59 Å². The molecule has 1 heterocycles. The van der Waals surface area contributed by atoms with Crippen LogP contribution in [0, 0.1) is 0 Å². The fourth-order valence-corrected chi connectivity index (χ4v) is 4.66. The molecule has 1 fully saturated rings. The Morgan fingerprint density at radius 3 is 2.30 bits per heavy atom. The molecule has 0 unspecified atom stereocenters. The normalized spacial score (nSPS) is 18.0. The highest BCUT2D eigenvalue weighted by Gasteiger charge is 2.29. The Kier molecular flexibility index (Phi) is 5.91. The van der Waals surface area contributed by atoms with Crippen LogP contribution in [0.2, 0.25) is 0 Å². The maximum Gasteiger partial charge on any atom is 0.310 e. The van der Waals surface area contributed by atoms with Crippen molar-refractivity contribution in [2.75, 3.05) is 18.1 Å². The van der Waals surface area contributed by atoms with Crippen LogP contribution in [0.1, 0.15) is 12.0 Å². The van der Waals surface area contributed by atoms with Gasteiger partial charge < -0.3 is 10.1 Å². The predicted molar refractivity (Wildman–Crippen MR) is 102 cm³/mol. The van der Waals surface area contributed by atoms with Crippen LogP contribution in [-0.2, 0) is 30.6 Å². The third kappa shape index (κ3) is 5.65. The number of carbonyl (C=O) groups is 2. The molecule has 1 amide bonds. The number of ether oxygens (including phenoxy) is 1. The Morgan fingerprint density at radius 2 is 1.67 bits per heavy atom. The summed E-state index contributed by atoms with van der Waals surface area (Å²) in [5, 5.41) is 2.58. The third-order valence-corrected chi connectivity index (χ3v) is 6.14. The highest BCUT2D eigenvalue weighted by molar-refractivity contribution is 7.91. The largest absolute Gasteiger partial charge is 0.455 e. The first-order chi connectivity index (χ1) is 12.9. The topological polar surface area (TPSA) is 89.5 Å². The number of benzene rings is 2. The molecule has 1 aliphatic heterocycles. The Labute approximate surface area is 158 Å². The molecular weight excluding hydrogens is 366 g/mol. The molecule has 1 N–H and O–H groups in total. The molecule has 1 aliphatic rings. The van der Waals surface area contributed by atoms with Gasteiger partial charge in [0, 0.05) is 6.04 Å². The SMILES string of the molecule is O=C(COC(=O)Cc1ccc(-c2ccccc2)cc1)N[C@H]1CCS(=O)(=O)C1. The molecule has 0 spiro atoms. The van der Waals surface area contributed by atoms with Crippen molar-refractivity contribution in [1.29, 1.82) is 0 Å². The molecule has 1 saturated heterocycles. The molecular formula is C20H21NO5S. The predicted octanol–water partition coefficient (Wildman–Crippen LogP) is 1.74. The van der Waals surface area contributed by atoms with Crippen LogP contribution >= 0.6 is 0 Å². The average Bonchev–Trinajstić information content (AvgIpc) is 3.00. The van der Waals surface area contributed by atoms with E-state index < -0.39 is 34.4 Å². The maximum atomic E-state index is 11.9. The van der Waals surface area contributed by atoms with E-state index in [2.05, 4.69) is 5.32 Å². The van der Waals surface area contributed by atoms with Gasteiger partial charge in [0.15, 0.2) is 16.4 Å². The first kappa shape index (κ1) is 19.1. The zero-order valence-corrected chi connectivity index (χ0v) is 15.6. The van der Waals surface area contributed by atoms with Gasteiger partial charge >= 0.3 is 5.97 Å². The standard InChI is InChI=1S/C20H21NO5S/c22-19(21-18-10-11-27(24,25)14-18)13-26-20(23)12-15-6-8-17(9-7-15)16-4-2-1-3-5-16/h1-9,18H,10-14H2,(H,21,22)/t18-/m0/s1. The van der Waals surface area contributed by atoms with E-state index in [9.17, 15) is 18.0 Å². The number of hydrogen-bond acceptors (Lipinski definition) is 5. The molecule has 3 rings (SSSR count). The van der Waals surface area contributed by atoms with Gasteiger partial charge in [-0.2, -0.15) is 0 Å². The van der Waals surface area contributed by atoms with Crippen molar-refractivity contribution < 1.29 is 22.7 Å². The Hall–Kier alpha value is -2.67. The quantitative estimate of drug-likeness (QED) is 0.763. The lowest BCUT2D eigenvalue weighted by atomic mass is 10.0. The number of nitrogens with one attached hydrogen (secondary N) is 1. The summed E-state index contributed by atoms with van der Waals surface area (Å²) in [7, 11) is -3.06. The highest BCUT2D eigenvalue weighted by Crippen LogP contribution is 2.19. The monoisotopic (exact) mass is 387 g/mol. The summed E-state index contributed by atoms with van der Waals surface area (Å²) < 4.78 is 27.7. The fourth-order valence-electron chi connectivity index (χ4n) is 2.99. The highest BCUT2D eigenvalue weighted by atomic mass is 32.2. The smallest absolute Gasteiger partial charge is 0.310 e. The van der Waals surface area contributed by atoms with Crippen LogP contribution in [0.4, 0.5) is 0 Å². The zero-order valence-electron chi connectivity index (χ0n) is 14.8. The van der Waals surface area contributed by atoms with Gasteiger partial charge in [-0.05, 0) is 23.1 Å².